The first kappa shape index (κ1) is 22.5. The van der Waals surface area contributed by atoms with Gasteiger partial charge in [0.2, 0.25) is 10.0 Å². The maximum Gasteiger partial charge on any atom is 0.270 e. The van der Waals surface area contributed by atoms with Gasteiger partial charge < -0.3 is 10.2 Å². The van der Waals surface area contributed by atoms with Crippen molar-refractivity contribution in [2.75, 3.05) is 29.0 Å². The molecule has 1 saturated heterocycles. The molecule has 2 aromatic rings. The molecule has 1 heterocycles. The number of carbonyl (C=O) groups excluding carboxylic acids is 1. The number of carbonyl (C=O) groups is 1. The molecule has 0 aliphatic carbocycles. The van der Waals surface area contributed by atoms with E-state index >= 15 is 0 Å². The number of nitrogens with zero attached hydrogens (tertiary/aromatic N) is 2. The molecule has 0 bridgehead atoms. The summed E-state index contributed by atoms with van der Waals surface area (Å²) in [6, 6.07) is 11.1. The minimum Gasteiger partial charge on any atom is -0.371 e. The predicted octanol–water partition coefficient (Wildman–Crippen LogP) is 3.13. The zero-order chi connectivity index (χ0) is 22.6. The van der Waals surface area contributed by atoms with Crippen LogP contribution in [-0.4, -0.2) is 38.6 Å². The van der Waals surface area contributed by atoms with Crippen LogP contribution in [0.5, 0.6) is 0 Å². The summed E-state index contributed by atoms with van der Waals surface area (Å²) in [6.45, 7) is 3.92. The van der Waals surface area contributed by atoms with Crippen molar-refractivity contribution in [3.8, 4) is 0 Å². The summed E-state index contributed by atoms with van der Waals surface area (Å²) in [7, 11) is -3.41. The van der Waals surface area contributed by atoms with Crippen LogP contribution in [0.15, 0.2) is 42.5 Å². The van der Waals surface area contributed by atoms with Crippen molar-refractivity contribution in [2.24, 2.45) is 5.92 Å². The first-order chi connectivity index (χ1) is 14.6. The van der Waals surface area contributed by atoms with Crippen LogP contribution in [0.3, 0.4) is 0 Å². The van der Waals surface area contributed by atoms with Gasteiger partial charge in [0.15, 0.2) is 0 Å². The number of nitro groups is 1. The third-order valence-corrected chi connectivity index (χ3v) is 5.85. The Labute approximate surface area is 181 Å². The number of sulfonamides is 1. The summed E-state index contributed by atoms with van der Waals surface area (Å²) in [4.78, 5) is 25.8. The average molecular weight is 447 g/mol. The number of rotatable bonds is 7. The van der Waals surface area contributed by atoms with E-state index in [1.165, 1.54) is 12.1 Å². The van der Waals surface area contributed by atoms with Gasteiger partial charge in [0.05, 0.1) is 22.4 Å². The fraction of sp³-hybridized carbons (Fsp3) is 0.381. The van der Waals surface area contributed by atoms with Gasteiger partial charge in [0.25, 0.3) is 11.6 Å². The molecule has 1 aliphatic rings. The first-order valence-electron chi connectivity index (χ1n) is 10.0. The maximum absolute atomic E-state index is 13.0. The van der Waals surface area contributed by atoms with E-state index in [0.29, 0.717) is 22.9 Å². The number of nitrogens with one attached hydrogen (secondary N) is 2. The van der Waals surface area contributed by atoms with Crippen LogP contribution in [0.1, 0.15) is 35.7 Å². The fourth-order valence-electron chi connectivity index (χ4n) is 3.58. The zero-order valence-electron chi connectivity index (χ0n) is 17.5. The number of non-ortho nitro benzene ring substituents is 1. The smallest absolute Gasteiger partial charge is 0.270 e. The Bertz CT molecular complexity index is 1080. The Morgan fingerprint density at radius 3 is 2.55 bits per heavy atom. The van der Waals surface area contributed by atoms with Gasteiger partial charge in [-0.25, -0.2) is 8.42 Å². The highest BCUT2D eigenvalue weighted by Gasteiger charge is 2.23. The molecule has 0 saturated carbocycles. The van der Waals surface area contributed by atoms with Gasteiger partial charge in [-0.1, -0.05) is 19.1 Å². The van der Waals surface area contributed by atoms with Crippen molar-refractivity contribution in [1.82, 2.24) is 5.32 Å². The van der Waals surface area contributed by atoms with Gasteiger partial charge in [-0.05, 0) is 42.5 Å². The van der Waals surface area contributed by atoms with E-state index in [1.807, 2.05) is 0 Å². The van der Waals surface area contributed by atoms with E-state index in [-0.39, 0.29) is 17.8 Å². The lowest BCUT2D eigenvalue weighted by Gasteiger charge is -2.33. The summed E-state index contributed by atoms with van der Waals surface area (Å²) in [5.74, 6) is 0.193. The Morgan fingerprint density at radius 1 is 1.19 bits per heavy atom. The van der Waals surface area contributed by atoms with E-state index in [2.05, 4.69) is 21.9 Å². The molecule has 0 unspecified atom stereocenters. The predicted molar refractivity (Wildman–Crippen MR) is 120 cm³/mol. The molecule has 2 N–H and O–H groups in total. The third-order valence-electron chi connectivity index (χ3n) is 5.24. The lowest BCUT2D eigenvalue weighted by molar-refractivity contribution is -0.384. The van der Waals surface area contributed by atoms with E-state index in [9.17, 15) is 23.3 Å². The molecule has 166 valence electrons. The van der Waals surface area contributed by atoms with Gasteiger partial charge in [-0.2, -0.15) is 0 Å². The van der Waals surface area contributed by atoms with E-state index < -0.39 is 20.9 Å². The van der Waals surface area contributed by atoms with Crippen molar-refractivity contribution in [2.45, 2.75) is 26.3 Å². The number of anilines is 2. The van der Waals surface area contributed by atoms with E-state index in [4.69, 9.17) is 0 Å². The highest BCUT2D eigenvalue weighted by Crippen LogP contribution is 2.29. The Hall–Kier alpha value is -3.14. The van der Waals surface area contributed by atoms with Crippen LogP contribution in [0.25, 0.3) is 0 Å². The molecule has 0 radical (unpaired) electrons. The van der Waals surface area contributed by atoms with Crippen LogP contribution in [-0.2, 0) is 16.6 Å². The molecule has 31 heavy (non-hydrogen) atoms. The van der Waals surface area contributed by atoms with Gasteiger partial charge in [-0.15, -0.1) is 0 Å². The molecular weight excluding hydrogens is 420 g/mol. The van der Waals surface area contributed by atoms with E-state index in [1.54, 1.807) is 30.3 Å². The van der Waals surface area contributed by atoms with Gasteiger partial charge in [-0.3, -0.25) is 19.6 Å². The molecule has 1 aliphatic heterocycles. The number of hydrogen-bond acceptors (Lipinski definition) is 6. The number of nitro benzene ring substituents is 1. The molecule has 10 heteroatoms. The van der Waals surface area contributed by atoms with Gasteiger partial charge in [0, 0.05) is 37.5 Å². The molecule has 0 atom stereocenters. The minimum absolute atomic E-state index is 0.140. The molecule has 0 spiro atoms. The first-order valence-corrected chi connectivity index (χ1v) is 11.9. The molecular formula is C21H26N4O5S. The summed E-state index contributed by atoms with van der Waals surface area (Å²) >= 11 is 0. The number of amides is 1. The summed E-state index contributed by atoms with van der Waals surface area (Å²) in [5.41, 5.74) is 1.89. The lowest BCUT2D eigenvalue weighted by atomic mass is 9.98. The number of benzene rings is 2. The highest BCUT2D eigenvalue weighted by atomic mass is 32.2. The zero-order valence-corrected chi connectivity index (χ0v) is 18.3. The molecule has 9 nitrogen and oxygen atoms in total. The second kappa shape index (κ2) is 9.34. The fourth-order valence-corrected chi connectivity index (χ4v) is 4.14. The number of hydrogen-bond donors (Lipinski definition) is 2. The summed E-state index contributed by atoms with van der Waals surface area (Å²) in [6.07, 6.45) is 3.06. The topological polar surface area (TPSA) is 122 Å². The van der Waals surface area contributed by atoms with Crippen molar-refractivity contribution in [3.63, 3.8) is 0 Å². The Balaban J connectivity index is 1.79. The lowest BCUT2D eigenvalue weighted by Crippen LogP contribution is -2.35. The van der Waals surface area contributed by atoms with Crippen LogP contribution in [0, 0.1) is 16.0 Å². The van der Waals surface area contributed by atoms with Crippen LogP contribution in [0.4, 0.5) is 17.1 Å². The van der Waals surface area contributed by atoms with E-state index in [0.717, 1.165) is 32.2 Å². The second-order valence-corrected chi connectivity index (χ2v) is 9.63. The monoisotopic (exact) mass is 446 g/mol. The molecule has 3 rings (SSSR count). The van der Waals surface area contributed by atoms with Gasteiger partial charge in [0.1, 0.15) is 0 Å². The van der Waals surface area contributed by atoms with Crippen molar-refractivity contribution in [1.29, 1.82) is 0 Å². The Kier molecular flexibility index (Phi) is 6.79. The average Bonchev–Trinajstić information content (AvgIpc) is 2.71. The van der Waals surface area contributed by atoms with Crippen molar-refractivity contribution >= 4 is 33.0 Å². The molecule has 1 fully saturated rings. The standard InChI is InChI=1S/C21H26N4O5S/c1-15-8-10-24(11-9-15)20-7-6-18(25(27)28)13-19(20)21(26)22-14-16-4-3-5-17(12-16)23-31(2,29)30/h3-7,12-13,15,23H,8-11,14H2,1-2H3,(H,22,26). The van der Waals surface area contributed by atoms with Crippen molar-refractivity contribution in [3.05, 3.63) is 63.7 Å². The third kappa shape index (κ3) is 6.17. The Morgan fingerprint density at radius 2 is 1.90 bits per heavy atom. The van der Waals surface area contributed by atoms with Crippen LogP contribution in [0.2, 0.25) is 0 Å². The van der Waals surface area contributed by atoms with Crippen LogP contribution >= 0.6 is 0 Å². The van der Waals surface area contributed by atoms with Gasteiger partial charge >= 0.3 is 0 Å². The maximum atomic E-state index is 13.0. The van der Waals surface area contributed by atoms with Crippen LogP contribution < -0.4 is 14.9 Å². The molecule has 0 aromatic heterocycles. The summed E-state index contributed by atoms with van der Waals surface area (Å²) in [5, 5.41) is 14.0. The van der Waals surface area contributed by atoms with Crippen molar-refractivity contribution < 1.29 is 18.1 Å². The SMILES string of the molecule is CC1CCN(c2ccc([N+](=O)[O-])cc2C(=O)NCc2cccc(NS(C)(=O)=O)c2)CC1. The molecule has 2 aromatic carbocycles. The highest BCUT2D eigenvalue weighted by molar-refractivity contribution is 7.92. The summed E-state index contributed by atoms with van der Waals surface area (Å²) < 4.78 is 25.2. The molecule has 1 amide bonds. The largest absolute Gasteiger partial charge is 0.371 e. The normalized spacial score (nSPS) is 14.8. The quantitative estimate of drug-likeness (QED) is 0.498. The number of piperidine rings is 1. The minimum atomic E-state index is -3.41. The second-order valence-electron chi connectivity index (χ2n) is 7.89.